The molecule has 2 rings (SSSR count). The van der Waals surface area contributed by atoms with Crippen molar-refractivity contribution in [1.29, 1.82) is 0 Å². The molecule has 2 aromatic heterocycles. The van der Waals surface area contributed by atoms with Crippen molar-refractivity contribution >= 4 is 11.0 Å². The number of aromatic nitrogens is 4. The zero-order valence-electron chi connectivity index (χ0n) is 9.23. The molecule has 0 fully saturated rings. The highest BCUT2D eigenvalue weighted by atomic mass is 15.3. The Morgan fingerprint density at radius 3 is 3.00 bits per heavy atom. The maximum absolute atomic E-state index is 4.30. The van der Waals surface area contributed by atoms with Gasteiger partial charge in [-0.15, -0.1) is 0 Å². The first-order valence-electron chi connectivity index (χ1n) is 5.01. The molecule has 0 spiro atoms. The number of hydrogen-bond acceptors (Lipinski definition) is 4. The van der Waals surface area contributed by atoms with Gasteiger partial charge in [-0.2, -0.15) is 5.10 Å². The zero-order chi connectivity index (χ0) is 10.8. The molecular weight excluding hydrogens is 190 g/mol. The number of nitrogens with one attached hydrogen (secondary N) is 1. The fourth-order valence-electron chi connectivity index (χ4n) is 1.57. The van der Waals surface area contributed by atoms with E-state index in [0.717, 1.165) is 23.1 Å². The molecule has 0 saturated heterocycles. The lowest BCUT2D eigenvalue weighted by Crippen LogP contribution is -2.24. The minimum absolute atomic E-state index is 0.406. The number of fused-ring (bicyclic) bond motifs is 1. The van der Waals surface area contributed by atoms with Crippen LogP contribution in [0, 0.1) is 0 Å². The largest absolute Gasteiger partial charge is 0.317 e. The highest BCUT2D eigenvalue weighted by Gasteiger charge is 2.09. The molecule has 0 radical (unpaired) electrons. The molecule has 0 aliphatic heterocycles. The normalized spacial score (nSPS) is 13.3. The first-order valence-corrected chi connectivity index (χ1v) is 5.01. The van der Waals surface area contributed by atoms with E-state index in [1.54, 1.807) is 11.0 Å². The van der Waals surface area contributed by atoms with Gasteiger partial charge in [-0.3, -0.25) is 4.68 Å². The summed E-state index contributed by atoms with van der Waals surface area (Å²) < 4.78 is 1.77. The first kappa shape index (κ1) is 10.0. The molecule has 1 N–H and O–H groups in total. The van der Waals surface area contributed by atoms with Gasteiger partial charge in [-0.05, 0) is 14.0 Å². The van der Waals surface area contributed by atoms with Crippen molar-refractivity contribution in [1.82, 2.24) is 25.1 Å². The van der Waals surface area contributed by atoms with E-state index >= 15 is 0 Å². The highest BCUT2D eigenvalue weighted by molar-refractivity contribution is 5.76. The van der Waals surface area contributed by atoms with Gasteiger partial charge >= 0.3 is 0 Å². The predicted molar refractivity (Wildman–Crippen MR) is 58.5 cm³/mol. The molecule has 2 aromatic rings. The molecule has 0 aliphatic rings. The topological polar surface area (TPSA) is 55.6 Å². The SMILES string of the molecule is CNC(C)Cc1ncnc2c1cnn2C. The van der Waals surface area contributed by atoms with Crippen LogP contribution in [0.1, 0.15) is 12.6 Å². The Kier molecular flexibility index (Phi) is 2.64. The summed E-state index contributed by atoms with van der Waals surface area (Å²) in [5, 5.41) is 8.42. The Balaban J connectivity index is 2.43. The average molecular weight is 205 g/mol. The predicted octanol–water partition coefficient (Wildman–Crippen LogP) is 0.514. The molecule has 1 atom stereocenters. The van der Waals surface area contributed by atoms with Gasteiger partial charge in [0.05, 0.1) is 17.3 Å². The van der Waals surface area contributed by atoms with Crippen LogP contribution >= 0.6 is 0 Å². The number of likely N-dealkylation sites (N-methyl/N-ethyl adjacent to an activating group) is 1. The second-order valence-electron chi connectivity index (χ2n) is 3.72. The zero-order valence-corrected chi connectivity index (χ0v) is 9.23. The Morgan fingerprint density at radius 2 is 2.27 bits per heavy atom. The van der Waals surface area contributed by atoms with Crippen LogP contribution in [-0.4, -0.2) is 32.8 Å². The van der Waals surface area contributed by atoms with Crippen LogP contribution in [0.4, 0.5) is 0 Å². The number of hydrogen-bond donors (Lipinski definition) is 1. The van der Waals surface area contributed by atoms with Gasteiger partial charge in [0, 0.05) is 19.5 Å². The van der Waals surface area contributed by atoms with Crippen LogP contribution in [0.15, 0.2) is 12.5 Å². The van der Waals surface area contributed by atoms with E-state index in [1.807, 2.05) is 20.3 Å². The van der Waals surface area contributed by atoms with Crippen LogP contribution in [0.5, 0.6) is 0 Å². The quantitative estimate of drug-likeness (QED) is 0.793. The summed E-state index contributed by atoms with van der Waals surface area (Å²) in [6.07, 6.45) is 4.32. The lowest BCUT2D eigenvalue weighted by Gasteiger charge is -2.09. The molecule has 5 nitrogen and oxygen atoms in total. The molecule has 0 aliphatic carbocycles. The molecule has 2 heterocycles. The summed E-state index contributed by atoms with van der Waals surface area (Å²) in [4.78, 5) is 8.51. The number of aryl methyl sites for hydroxylation is 1. The van der Waals surface area contributed by atoms with E-state index in [-0.39, 0.29) is 0 Å². The molecule has 0 bridgehead atoms. The smallest absolute Gasteiger partial charge is 0.161 e. The van der Waals surface area contributed by atoms with Crippen molar-refractivity contribution in [2.45, 2.75) is 19.4 Å². The van der Waals surface area contributed by atoms with Crippen molar-refractivity contribution in [2.75, 3.05) is 7.05 Å². The minimum Gasteiger partial charge on any atom is -0.317 e. The summed E-state index contributed by atoms with van der Waals surface area (Å²) in [7, 11) is 3.84. The van der Waals surface area contributed by atoms with Crippen LogP contribution in [0.2, 0.25) is 0 Å². The Bertz CT molecular complexity index is 462. The van der Waals surface area contributed by atoms with Gasteiger partial charge in [-0.1, -0.05) is 0 Å². The standard InChI is InChI=1S/C10H15N5/c1-7(11-2)4-9-8-5-14-15(3)10(8)13-6-12-9/h5-7,11H,4H2,1-3H3. The Hall–Kier alpha value is -1.49. The average Bonchev–Trinajstić information content (AvgIpc) is 2.62. The van der Waals surface area contributed by atoms with E-state index in [2.05, 4.69) is 27.3 Å². The van der Waals surface area contributed by atoms with Crippen molar-refractivity contribution in [3.63, 3.8) is 0 Å². The summed E-state index contributed by atoms with van der Waals surface area (Å²) in [5.41, 5.74) is 1.94. The fourth-order valence-corrected chi connectivity index (χ4v) is 1.57. The van der Waals surface area contributed by atoms with Gasteiger partial charge in [0.2, 0.25) is 0 Å². The molecule has 0 amide bonds. The monoisotopic (exact) mass is 205 g/mol. The number of rotatable bonds is 3. The first-order chi connectivity index (χ1) is 7.22. The maximum Gasteiger partial charge on any atom is 0.161 e. The van der Waals surface area contributed by atoms with E-state index in [9.17, 15) is 0 Å². The van der Waals surface area contributed by atoms with Crippen molar-refractivity contribution < 1.29 is 0 Å². The highest BCUT2D eigenvalue weighted by Crippen LogP contribution is 2.14. The molecule has 15 heavy (non-hydrogen) atoms. The fraction of sp³-hybridized carbons (Fsp3) is 0.500. The van der Waals surface area contributed by atoms with Crippen LogP contribution in [0.3, 0.4) is 0 Å². The van der Waals surface area contributed by atoms with E-state index < -0.39 is 0 Å². The van der Waals surface area contributed by atoms with Gasteiger partial charge < -0.3 is 5.32 Å². The summed E-state index contributed by atoms with van der Waals surface area (Å²) >= 11 is 0. The molecule has 1 unspecified atom stereocenters. The van der Waals surface area contributed by atoms with Gasteiger partial charge in [0.15, 0.2) is 5.65 Å². The lowest BCUT2D eigenvalue weighted by atomic mass is 10.1. The molecular formula is C10H15N5. The van der Waals surface area contributed by atoms with E-state index in [1.165, 1.54) is 0 Å². The second-order valence-corrected chi connectivity index (χ2v) is 3.72. The van der Waals surface area contributed by atoms with Crippen LogP contribution in [-0.2, 0) is 13.5 Å². The van der Waals surface area contributed by atoms with E-state index in [4.69, 9.17) is 0 Å². The lowest BCUT2D eigenvalue weighted by molar-refractivity contribution is 0.602. The third-order valence-corrected chi connectivity index (χ3v) is 2.60. The second kappa shape index (κ2) is 3.94. The van der Waals surface area contributed by atoms with Crippen LogP contribution < -0.4 is 5.32 Å². The molecule has 5 heteroatoms. The summed E-state index contributed by atoms with van der Waals surface area (Å²) in [6, 6.07) is 0.406. The minimum atomic E-state index is 0.406. The van der Waals surface area contributed by atoms with Crippen LogP contribution in [0.25, 0.3) is 11.0 Å². The Morgan fingerprint density at radius 1 is 1.47 bits per heavy atom. The third kappa shape index (κ3) is 1.83. The van der Waals surface area contributed by atoms with Gasteiger partial charge in [0.25, 0.3) is 0 Å². The third-order valence-electron chi connectivity index (χ3n) is 2.60. The summed E-state index contributed by atoms with van der Waals surface area (Å²) in [6.45, 7) is 2.13. The molecule has 80 valence electrons. The summed E-state index contributed by atoms with van der Waals surface area (Å²) in [5.74, 6) is 0. The van der Waals surface area contributed by atoms with Crippen molar-refractivity contribution in [2.24, 2.45) is 7.05 Å². The van der Waals surface area contributed by atoms with Gasteiger partial charge in [-0.25, -0.2) is 9.97 Å². The van der Waals surface area contributed by atoms with E-state index in [0.29, 0.717) is 6.04 Å². The Labute approximate surface area is 88.5 Å². The molecule has 0 aromatic carbocycles. The van der Waals surface area contributed by atoms with Gasteiger partial charge in [0.1, 0.15) is 6.33 Å². The number of nitrogens with zero attached hydrogens (tertiary/aromatic N) is 4. The maximum atomic E-state index is 4.30. The van der Waals surface area contributed by atoms with Crippen molar-refractivity contribution in [3.8, 4) is 0 Å². The van der Waals surface area contributed by atoms with Crippen molar-refractivity contribution in [3.05, 3.63) is 18.2 Å². The molecule has 0 saturated carbocycles.